The third-order valence-electron chi connectivity index (χ3n) is 4.12. The summed E-state index contributed by atoms with van der Waals surface area (Å²) in [6.45, 7) is 2.57. The van der Waals surface area contributed by atoms with E-state index in [1.807, 2.05) is 0 Å². The van der Waals surface area contributed by atoms with Crippen molar-refractivity contribution in [3.05, 3.63) is 24.3 Å². The van der Waals surface area contributed by atoms with Crippen molar-refractivity contribution in [2.24, 2.45) is 5.92 Å². The van der Waals surface area contributed by atoms with Gasteiger partial charge in [0.05, 0.1) is 17.6 Å². The molecule has 1 aliphatic carbocycles. The SMILES string of the molecule is CC1CCCC(S(=O)(=O)CCCOc2ccc(N)cc2)C1. The summed E-state index contributed by atoms with van der Waals surface area (Å²) in [6, 6.07) is 7.14. The number of benzene rings is 1. The van der Waals surface area contributed by atoms with E-state index in [1.165, 1.54) is 0 Å². The summed E-state index contributed by atoms with van der Waals surface area (Å²) in [6.07, 6.45) is 4.38. The summed E-state index contributed by atoms with van der Waals surface area (Å²) >= 11 is 0. The lowest BCUT2D eigenvalue weighted by molar-refractivity contribution is 0.317. The molecule has 2 rings (SSSR count). The van der Waals surface area contributed by atoms with E-state index in [0.717, 1.165) is 31.4 Å². The molecule has 0 spiro atoms. The maximum atomic E-state index is 12.3. The molecule has 0 radical (unpaired) electrons. The van der Waals surface area contributed by atoms with Gasteiger partial charge in [0.1, 0.15) is 5.75 Å². The molecule has 0 heterocycles. The molecule has 0 aliphatic heterocycles. The Balaban J connectivity index is 1.75. The third-order valence-corrected chi connectivity index (χ3v) is 6.42. The van der Waals surface area contributed by atoms with E-state index in [4.69, 9.17) is 10.5 Å². The second kappa shape index (κ2) is 7.16. The second-order valence-corrected chi connectivity index (χ2v) is 8.43. The third kappa shape index (κ3) is 4.92. The maximum absolute atomic E-state index is 12.3. The van der Waals surface area contributed by atoms with Crippen molar-refractivity contribution in [2.75, 3.05) is 18.1 Å². The first-order valence-corrected chi connectivity index (χ1v) is 9.39. The van der Waals surface area contributed by atoms with Gasteiger partial charge in [-0.3, -0.25) is 0 Å². The molecule has 1 aromatic rings. The van der Waals surface area contributed by atoms with E-state index in [0.29, 0.717) is 24.6 Å². The minimum atomic E-state index is -2.98. The zero-order valence-electron chi connectivity index (χ0n) is 12.6. The lowest BCUT2D eigenvalue weighted by Crippen LogP contribution is -2.29. The summed E-state index contributed by atoms with van der Waals surface area (Å²) in [5.74, 6) is 1.48. The molecule has 21 heavy (non-hydrogen) atoms. The van der Waals surface area contributed by atoms with Gasteiger partial charge < -0.3 is 10.5 Å². The van der Waals surface area contributed by atoms with Gasteiger partial charge in [-0.15, -0.1) is 0 Å². The minimum absolute atomic E-state index is 0.141. The number of hydrogen-bond donors (Lipinski definition) is 1. The van der Waals surface area contributed by atoms with Crippen molar-refractivity contribution in [3.63, 3.8) is 0 Å². The van der Waals surface area contributed by atoms with Gasteiger partial charge in [-0.25, -0.2) is 8.42 Å². The lowest BCUT2D eigenvalue weighted by atomic mass is 9.91. The molecule has 1 saturated carbocycles. The van der Waals surface area contributed by atoms with Crippen LogP contribution in [0.1, 0.15) is 39.0 Å². The average molecular weight is 311 g/mol. The van der Waals surface area contributed by atoms with Gasteiger partial charge in [0.25, 0.3) is 0 Å². The zero-order chi connectivity index (χ0) is 15.3. The topological polar surface area (TPSA) is 69.4 Å². The van der Waals surface area contributed by atoms with Crippen LogP contribution >= 0.6 is 0 Å². The summed E-state index contributed by atoms with van der Waals surface area (Å²) in [4.78, 5) is 0. The van der Waals surface area contributed by atoms with Gasteiger partial charge in [0.15, 0.2) is 9.84 Å². The number of rotatable bonds is 6. The Morgan fingerprint density at radius 3 is 2.62 bits per heavy atom. The van der Waals surface area contributed by atoms with E-state index >= 15 is 0 Å². The van der Waals surface area contributed by atoms with Crippen LogP contribution in [0.25, 0.3) is 0 Å². The number of nitrogens with two attached hydrogens (primary N) is 1. The molecule has 0 bridgehead atoms. The van der Waals surface area contributed by atoms with Crippen LogP contribution in [0.15, 0.2) is 24.3 Å². The molecule has 2 atom stereocenters. The van der Waals surface area contributed by atoms with Crippen molar-refractivity contribution < 1.29 is 13.2 Å². The Labute approximate surface area is 127 Å². The fourth-order valence-corrected chi connectivity index (χ4v) is 4.89. The van der Waals surface area contributed by atoms with E-state index in [1.54, 1.807) is 24.3 Å². The first kappa shape index (κ1) is 16.1. The second-order valence-electron chi connectivity index (χ2n) is 6.03. The monoisotopic (exact) mass is 311 g/mol. The molecule has 0 aromatic heterocycles. The number of nitrogen functional groups attached to an aromatic ring is 1. The summed E-state index contributed by atoms with van der Waals surface area (Å²) in [5, 5.41) is -0.141. The van der Waals surface area contributed by atoms with Crippen LogP contribution in [0.2, 0.25) is 0 Å². The normalized spacial score (nSPS) is 22.9. The van der Waals surface area contributed by atoms with E-state index in [9.17, 15) is 8.42 Å². The van der Waals surface area contributed by atoms with Gasteiger partial charge in [-0.05, 0) is 49.4 Å². The smallest absolute Gasteiger partial charge is 0.153 e. The highest BCUT2D eigenvalue weighted by molar-refractivity contribution is 7.92. The predicted octanol–water partition coefficient (Wildman–Crippen LogP) is 3.03. The molecule has 5 heteroatoms. The lowest BCUT2D eigenvalue weighted by Gasteiger charge is -2.26. The van der Waals surface area contributed by atoms with Crippen molar-refractivity contribution in [1.82, 2.24) is 0 Å². The Morgan fingerprint density at radius 1 is 1.24 bits per heavy atom. The Morgan fingerprint density at radius 2 is 1.95 bits per heavy atom. The summed E-state index contributed by atoms with van der Waals surface area (Å²) < 4.78 is 30.2. The van der Waals surface area contributed by atoms with Crippen molar-refractivity contribution in [1.29, 1.82) is 0 Å². The van der Waals surface area contributed by atoms with Crippen LogP contribution in [0, 0.1) is 5.92 Å². The van der Waals surface area contributed by atoms with E-state index in [-0.39, 0.29) is 11.0 Å². The molecule has 1 aromatic carbocycles. The van der Waals surface area contributed by atoms with Crippen LogP contribution in [-0.2, 0) is 9.84 Å². The van der Waals surface area contributed by atoms with Crippen LogP contribution < -0.4 is 10.5 Å². The van der Waals surface area contributed by atoms with Gasteiger partial charge in [-0.1, -0.05) is 19.8 Å². The van der Waals surface area contributed by atoms with Crippen LogP contribution in [0.4, 0.5) is 5.69 Å². The van der Waals surface area contributed by atoms with Crippen LogP contribution in [0.3, 0.4) is 0 Å². The Bertz CT molecular complexity index is 539. The summed E-state index contributed by atoms with van der Waals surface area (Å²) in [7, 11) is -2.98. The molecule has 2 unspecified atom stereocenters. The standard InChI is InChI=1S/C16H25NO3S/c1-13-4-2-5-16(12-13)21(18,19)11-3-10-20-15-8-6-14(17)7-9-15/h6-9,13,16H,2-5,10-12,17H2,1H3. The van der Waals surface area contributed by atoms with E-state index in [2.05, 4.69) is 6.92 Å². The zero-order valence-corrected chi connectivity index (χ0v) is 13.4. The first-order valence-electron chi connectivity index (χ1n) is 7.67. The quantitative estimate of drug-likeness (QED) is 0.647. The summed E-state index contributed by atoms with van der Waals surface area (Å²) in [5.41, 5.74) is 6.29. The van der Waals surface area contributed by atoms with Gasteiger partial charge in [0, 0.05) is 5.69 Å². The Kier molecular flexibility index (Phi) is 5.51. The maximum Gasteiger partial charge on any atom is 0.153 e. The molecule has 1 fully saturated rings. The molecular formula is C16H25NO3S. The molecule has 4 nitrogen and oxygen atoms in total. The van der Waals surface area contributed by atoms with Crippen molar-refractivity contribution in [3.8, 4) is 5.75 Å². The molecule has 1 aliphatic rings. The van der Waals surface area contributed by atoms with Crippen molar-refractivity contribution in [2.45, 2.75) is 44.3 Å². The van der Waals surface area contributed by atoms with Crippen LogP contribution in [-0.4, -0.2) is 26.0 Å². The Hall–Kier alpha value is -1.23. The minimum Gasteiger partial charge on any atom is -0.494 e. The highest BCUT2D eigenvalue weighted by atomic mass is 32.2. The predicted molar refractivity (Wildman–Crippen MR) is 86.2 cm³/mol. The number of ether oxygens (including phenoxy) is 1. The van der Waals surface area contributed by atoms with Crippen molar-refractivity contribution >= 4 is 15.5 Å². The number of hydrogen-bond acceptors (Lipinski definition) is 4. The molecule has 0 amide bonds. The number of sulfone groups is 1. The van der Waals surface area contributed by atoms with Gasteiger partial charge >= 0.3 is 0 Å². The fourth-order valence-electron chi connectivity index (χ4n) is 2.89. The van der Waals surface area contributed by atoms with Gasteiger partial charge in [0.2, 0.25) is 0 Å². The molecule has 118 valence electrons. The van der Waals surface area contributed by atoms with E-state index < -0.39 is 9.84 Å². The van der Waals surface area contributed by atoms with Crippen LogP contribution in [0.5, 0.6) is 5.75 Å². The molecular weight excluding hydrogens is 286 g/mol. The largest absolute Gasteiger partial charge is 0.494 e. The average Bonchev–Trinajstić information content (AvgIpc) is 2.45. The first-order chi connectivity index (χ1) is 9.97. The highest BCUT2D eigenvalue weighted by Crippen LogP contribution is 2.28. The highest BCUT2D eigenvalue weighted by Gasteiger charge is 2.29. The molecule has 0 saturated heterocycles. The van der Waals surface area contributed by atoms with Gasteiger partial charge in [-0.2, -0.15) is 0 Å². The fraction of sp³-hybridized carbons (Fsp3) is 0.625. The molecule has 2 N–H and O–H groups in total. The number of anilines is 1.